The van der Waals surface area contributed by atoms with Crippen LogP contribution >= 0.6 is 0 Å². The van der Waals surface area contributed by atoms with E-state index in [2.05, 4.69) is 25.1 Å². The minimum absolute atomic E-state index is 0.0926. The van der Waals surface area contributed by atoms with E-state index < -0.39 is 0 Å². The summed E-state index contributed by atoms with van der Waals surface area (Å²) in [5.74, 6) is 0.343. The molecule has 3 aliphatic heterocycles. The summed E-state index contributed by atoms with van der Waals surface area (Å²) in [6.07, 6.45) is 3.86. The molecule has 0 aliphatic carbocycles. The number of nitrogens with one attached hydrogen (secondary N) is 2. The fourth-order valence-corrected chi connectivity index (χ4v) is 4.73. The van der Waals surface area contributed by atoms with Crippen LogP contribution in [0.1, 0.15) is 34.7 Å². The van der Waals surface area contributed by atoms with Crippen molar-refractivity contribution in [2.24, 2.45) is 5.92 Å². The highest BCUT2D eigenvalue weighted by atomic mass is 16.2. The molecule has 6 rings (SSSR count). The van der Waals surface area contributed by atoms with Crippen molar-refractivity contribution in [1.82, 2.24) is 30.0 Å². The van der Waals surface area contributed by atoms with Crippen molar-refractivity contribution in [1.29, 1.82) is 0 Å². The van der Waals surface area contributed by atoms with E-state index in [-0.39, 0.29) is 17.5 Å². The molecule has 8 heteroatoms. The van der Waals surface area contributed by atoms with Gasteiger partial charge in [0.1, 0.15) is 0 Å². The monoisotopic (exact) mass is 392 g/mol. The smallest absolute Gasteiger partial charge is 0.275 e. The quantitative estimate of drug-likeness (QED) is 0.707. The molecule has 3 aromatic rings. The first-order valence-electron chi connectivity index (χ1n) is 10.1. The van der Waals surface area contributed by atoms with Gasteiger partial charge in [0.25, 0.3) is 11.5 Å². The molecule has 1 aromatic carbocycles. The summed E-state index contributed by atoms with van der Waals surface area (Å²) < 4.78 is 0. The van der Waals surface area contributed by atoms with E-state index in [0.717, 1.165) is 50.4 Å². The number of H-pyrrole nitrogens is 2. The number of carbonyl (C=O) groups is 1. The number of hydrogen-bond acceptors (Lipinski definition) is 5. The summed E-state index contributed by atoms with van der Waals surface area (Å²) in [6.45, 7) is 5.36. The van der Waals surface area contributed by atoms with E-state index in [4.69, 9.17) is 0 Å². The van der Waals surface area contributed by atoms with Gasteiger partial charge < -0.3 is 9.88 Å². The Labute approximate surface area is 167 Å². The molecule has 3 saturated heterocycles. The summed E-state index contributed by atoms with van der Waals surface area (Å²) in [5.41, 5.74) is 2.23. The maximum Gasteiger partial charge on any atom is 0.275 e. The van der Waals surface area contributed by atoms with E-state index in [1.54, 1.807) is 24.5 Å². The van der Waals surface area contributed by atoms with Crippen LogP contribution in [0, 0.1) is 12.8 Å². The predicted octanol–water partition coefficient (Wildman–Crippen LogP) is 1.69. The van der Waals surface area contributed by atoms with Crippen molar-refractivity contribution in [3.63, 3.8) is 0 Å². The molecule has 1 amide bonds. The molecule has 2 N–H and O–H groups in total. The van der Waals surface area contributed by atoms with Gasteiger partial charge >= 0.3 is 0 Å². The van der Waals surface area contributed by atoms with Crippen LogP contribution in [0.25, 0.3) is 10.8 Å². The average molecular weight is 392 g/mol. The minimum Gasteiger partial charge on any atom is -0.348 e. The first-order chi connectivity index (χ1) is 14.1. The highest BCUT2D eigenvalue weighted by Crippen LogP contribution is 2.30. The third-order valence-electron chi connectivity index (χ3n) is 6.26. The van der Waals surface area contributed by atoms with Gasteiger partial charge in [-0.15, -0.1) is 0 Å². The number of hydrogen-bond donors (Lipinski definition) is 2. The molecule has 0 radical (unpaired) electrons. The Hall–Kier alpha value is -3.00. The topological polar surface area (TPSA) is 98.0 Å². The molecule has 150 valence electrons. The Morgan fingerprint density at radius 2 is 2.00 bits per heavy atom. The summed E-state index contributed by atoms with van der Waals surface area (Å²) in [4.78, 5) is 37.5. The van der Waals surface area contributed by atoms with Crippen molar-refractivity contribution in [3.05, 3.63) is 58.0 Å². The van der Waals surface area contributed by atoms with Gasteiger partial charge in [-0.3, -0.25) is 14.5 Å². The van der Waals surface area contributed by atoms with Crippen LogP contribution in [-0.2, 0) is 6.54 Å². The molecule has 2 bridgehead atoms. The molecule has 0 saturated carbocycles. The van der Waals surface area contributed by atoms with Gasteiger partial charge in [0.05, 0.1) is 17.4 Å². The van der Waals surface area contributed by atoms with Crippen LogP contribution in [0.4, 0.5) is 0 Å². The highest BCUT2D eigenvalue weighted by Gasteiger charge is 2.38. The Bertz CT molecular complexity index is 1120. The van der Waals surface area contributed by atoms with E-state index in [1.807, 2.05) is 17.9 Å². The van der Waals surface area contributed by atoms with E-state index in [1.165, 1.54) is 0 Å². The lowest BCUT2D eigenvalue weighted by Crippen LogP contribution is -2.47. The molecule has 5 heterocycles. The summed E-state index contributed by atoms with van der Waals surface area (Å²) in [6, 6.07) is 7.31. The average Bonchev–Trinajstić information content (AvgIpc) is 2.94. The van der Waals surface area contributed by atoms with Gasteiger partial charge in [-0.1, -0.05) is 18.2 Å². The Balaban J connectivity index is 1.43. The molecule has 2 aromatic heterocycles. The maximum atomic E-state index is 13.5. The molecule has 8 nitrogen and oxygen atoms in total. The second-order valence-electron chi connectivity index (χ2n) is 8.17. The van der Waals surface area contributed by atoms with Gasteiger partial charge in [0, 0.05) is 43.3 Å². The van der Waals surface area contributed by atoms with Gasteiger partial charge in [-0.25, -0.2) is 10.1 Å². The lowest BCUT2D eigenvalue weighted by molar-refractivity contribution is 0.0580. The number of aromatic amines is 2. The first kappa shape index (κ1) is 18.1. The van der Waals surface area contributed by atoms with Crippen LogP contribution in [-0.4, -0.2) is 61.5 Å². The minimum atomic E-state index is -0.268. The largest absolute Gasteiger partial charge is 0.348 e. The van der Waals surface area contributed by atoms with Crippen LogP contribution in [0.15, 0.2) is 35.4 Å². The number of rotatable bonds is 3. The zero-order chi connectivity index (χ0) is 20.0. The molecule has 29 heavy (non-hydrogen) atoms. The van der Waals surface area contributed by atoms with Gasteiger partial charge in [-0.05, 0) is 31.7 Å². The molecule has 3 fully saturated rings. The highest BCUT2D eigenvalue weighted by molar-refractivity contribution is 6.04. The van der Waals surface area contributed by atoms with Crippen LogP contribution in [0.2, 0.25) is 0 Å². The molecule has 0 unspecified atom stereocenters. The third kappa shape index (κ3) is 3.23. The second kappa shape index (κ2) is 7.11. The van der Waals surface area contributed by atoms with E-state index in [0.29, 0.717) is 22.4 Å². The fourth-order valence-electron chi connectivity index (χ4n) is 4.73. The second-order valence-corrected chi connectivity index (χ2v) is 8.17. The SMILES string of the molecule is Cc1[nH]cnc1CN1C[C@@H]2CC[C@H](C1)N(C(=O)c1n[nH]c(=O)c3ccccc13)C2. The van der Waals surface area contributed by atoms with Crippen LogP contribution in [0.3, 0.4) is 0 Å². The summed E-state index contributed by atoms with van der Waals surface area (Å²) in [5, 5.41) is 7.74. The van der Waals surface area contributed by atoms with Crippen molar-refractivity contribution in [3.8, 4) is 0 Å². The van der Waals surface area contributed by atoms with Crippen molar-refractivity contribution in [2.45, 2.75) is 32.4 Å². The van der Waals surface area contributed by atoms with Gasteiger partial charge in [0.15, 0.2) is 5.69 Å². The molecule has 2 atom stereocenters. The molecule has 3 aliphatic rings. The number of imidazole rings is 1. The standard InChI is InChI=1S/C21H24N6O2/c1-13-18(23-12-22-13)11-26-8-14-6-7-15(10-26)27(9-14)21(29)19-16-4-2-3-5-17(16)20(28)25-24-19/h2-5,12,14-15H,6-11H2,1H3,(H,22,23)(H,25,28)/t14-,15+/m0/s1. The number of fused-ring (bicyclic) bond motifs is 5. The molecule has 0 spiro atoms. The maximum absolute atomic E-state index is 13.5. The fraction of sp³-hybridized carbons (Fsp3) is 0.429. The lowest BCUT2D eigenvalue weighted by Gasteiger charge is -2.36. The van der Waals surface area contributed by atoms with Crippen LogP contribution < -0.4 is 5.56 Å². The Morgan fingerprint density at radius 1 is 1.17 bits per heavy atom. The normalized spacial score (nSPS) is 22.2. The van der Waals surface area contributed by atoms with Crippen molar-refractivity contribution in [2.75, 3.05) is 19.6 Å². The number of piperidine rings is 1. The van der Waals surface area contributed by atoms with E-state index >= 15 is 0 Å². The predicted molar refractivity (Wildman–Crippen MR) is 109 cm³/mol. The number of carbonyl (C=O) groups excluding carboxylic acids is 1. The zero-order valence-corrected chi connectivity index (χ0v) is 16.4. The number of amides is 1. The summed E-state index contributed by atoms with van der Waals surface area (Å²) >= 11 is 0. The molecular weight excluding hydrogens is 368 g/mol. The Kier molecular flexibility index (Phi) is 4.43. The van der Waals surface area contributed by atoms with E-state index in [9.17, 15) is 9.59 Å². The first-order valence-corrected chi connectivity index (χ1v) is 10.1. The number of nitrogens with zero attached hydrogens (tertiary/aromatic N) is 4. The summed E-state index contributed by atoms with van der Waals surface area (Å²) in [7, 11) is 0. The zero-order valence-electron chi connectivity index (χ0n) is 16.4. The molecular formula is C21H24N6O2. The number of benzene rings is 1. The van der Waals surface area contributed by atoms with Crippen LogP contribution in [0.5, 0.6) is 0 Å². The van der Waals surface area contributed by atoms with Crippen molar-refractivity contribution < 1.29 is 4.79 Å². The van der Waals surface area contributed by atoms with Gasteiger partial charge in [0.2, 0.25) is 0 Å². The number of aryl methyl sites for hydroxylation is 1. The van der Waals surface area contributed by atoms with Gasteiger partial charge in [-0.2, -0.15) is 5.10 Å². The third-order valence-corrected chi connectivity index (χ3v) is 6.26. The Morgan fingerprint density at radius 3 is 2.79 bits per heavy atom. The number of aromatic nitrogens is 4. The lowest BCUT2D eigenvalue weighted by atomic mass is 9.94. The van der Waals surface area contributed by atoms with Crippen molar-refractivity contribution >= 4 is 16.7 Å².